The van der Waals surface area contributed by atoms with Gasteiger partial charge in [-0.15, -0.1) is 0 Å². The van der Waals surface area contributed by atoms with Gasteiger partial charge in [-0.2, -0.15) is 0 Å². The Hall–Kier alpha value is -2.33. The smallest absolute Gasteiger partial charge is 0.255 e. The molecule has 1 heterocycles. The number of nitrogens with one attached hydrogen (secondary N) is 1. The highest BCUT2D eigenvalue weighted by Crippen LogP contribution is 2.25. The van der Waals surface area contributed by atoms with E-state index in [4.69, 9.17) is 4.74 Å². The zero-order valence-corrected chi connectivity index (χ0v) is 17.4. The molecule has 4 nitrogen and oxygen atoms in total. The van der Waals surface area contributed by atoms with E-state index in [-0.39, 0.29) is 5.91 Å². The summed E-state index contributed by atoms with van der Waals surface area (Å²) < 4.78 is 5.99. The van der Waals surface area contributed by atoms with Crippen molar-refractivity contribution in [3.63, 3.8) is 0 Å². The minimum Gasteiger partial charge on any atom is -0.490 e. The summed E-state index contributed by atoms with van der Waals surface area (Å²) in [5.41, 5.74) is 2.75. The van der Waals surface area contributed by atoms with Gasteiger partial charge in [0.1, 0.15) is 5.75 Å². The fourth-order valence-electron chi connectivity index (χ4n) is 4.47. The Labute approximate surface area is 174 Å². The van der Waals surface area contributed by atoms with Crippen LogP contribution in [0.15, 0.2) is 48.5 Å². The molecule has 1 atom stereocenters. The molecule has 0 aromatic heterocycles. The lowest BCUT2D eigenvalue weighted by atomic mass is 9.99. The van der Waals surface area contributed by atoms with Gasteiger partial charge in [0.05, 0.1) is 6.10 Å². The van der Waals surface area contributed by atoms with Crippen molar-refractivity contribution in [2.24, 2.45) is 5.92 Å². The minimum absolute atomic E-state index is 0.0763. The van der Waals surface area contributed by atoms with Crippen molar-refractivity contribution >= 4 is 11.6 Å². The normalized spacial score (nSPS) is 20.5. The van der Waals surface area contributed by atoms with Crippen molar-refractivity contribution in [2.75, 3.05) is 18.4 Å². The van der Waals surface area contributed by atoms with Gasteiger partial charge in [0.2, 0.25) is 0 Å². The van der Waals surface area contributed by atoms with Crippen LogP contribution in [0.5, 0.6) is 5.75 Å². The summed E-state index contributed by atoms with van der Waals surface area (Å²) in [6, 6.07) is 15.7. The Bertz CT molecular complexity index is 795. The number of likely N-dealkylation sites (tertiary alicyclic amines) is 1. The van der Waals surface area contributed by atoms with Crippen molar-refractivity contribution in [1.29, 1.82) is 0 Å². The van der Waals surface area contributed by atoms with Crippen LogP contribution in [0.2, 0.25) is 0 Å². The molecule has 2 aromatic rings. The van der Waals surface area contributed by atoms with E-state index in [0.717, 1.165) is 36.7 Å². The molecule has 1 N–H and O–H groups in total. The molecular formula is C25H32N2O2. The Kier molecular flexibility index (Phi) is 6.50. The Balaban J connectivity index is 1.29. The molecule has 1 saturated heterocycles. The number of piperidine rings is 1. The summed E-state index contributed by atoms with van der Waals surface area (Å²) in [4.78, 5) is 15.1. The zero-order valence-electron chi connectivity index (χ0n) is 17.4. The monoisotopic (exact) mass is 392 g/mol. The molecule has 1 aliphatic carbocycles. The predicted molar refractivity (Wildman–Crippen MR) is 117 cm³/mol. The van der Waals surface area contributed by atoms with Crippen LogP contribution in [0.25, 0.3) is 0 Å². The van der Waals surface area contributed by atoms with E-state index in [2.05, 4.69) is 29.3 Å². The molecule has 1 aliphatic heterocycles. The predicted octanol–water partition coefficient (Wildman–Crippen LogP) is 5.49. The maximum Gasteiger partial charge on any atom is 0.255 e. The van der Waals surface area contributed by atoms with Gasteiger partial charge < -0.3 is 10.1 Å². The SMILES string of the molecule is C[C@H]1CCCN(Cc2ccc(C(=O)Nc3ccc(OC4CCCC4)cc3)cc2)C1. The number of benzene rings is 2. The molecule has 0 unspecified atom stereocenters. The summed E-state index contributed by atoms with van der Waals surface area (Å²) in [7, 11) is 0. The number of carbonyl (C=O) groups excluding carboxylic acids is 1. The molecule has 4 heteroatoms. The van der Waals surface area contributed by atoms with Gasteiger partial charge in [0.15, 0.2) is 0 Å². The van der Waals surface area contributed by atoms with Crippen molar-refractivity contribution in [2.45, 2.75) is 58.1 Å². The third kappa shape index (κ3) is 5.60. The van der Waals surface area contributed by atoms with Gasteiger partial charge in [-0.1, -0.05) is 19.1 Å². The lowest BCUT2D eigenvalue weighted by molar-refractivity contribution is 0.102. The van der Waals surface area contributed by atoms with E-state index < -0.39 is 0 Å². The standard InChI is InChI=1S/C25H32N2O2/c1-19-5-4-16-27(17-19)18-20-8-10-21(11-9-20)25(28)26-22-12-14-24(15-13-22)29-23-6-2-3-7-23/h8-15,19,23H,2-7,16-18H2,1H3,(H,26,28)/t19-/m0/s1. The molecule has 1 saturated carbocycles. The van der Waals surface area contributed by atoms with E-state index in [1.807, 2.05) is 36.4 Å². The molecule has 154 valence electrons. The number of carbonyl (C=O) groups is 1. The van der Waals surface area contributed by atoms with Gasteiger partial charge >= 0.3 is 0 Å². The summed E-state index contributed by atoms with van der Waals surface area (Å²) in [5.74, 6) is 1.59. The van der Waals surface area contributed by atoms with Crippen LogP contribution in [0.3, 0.4) is 0 Å². The highest BCUT2D eigenvalue weighted by atomic mass is 16.5. The molecule has 4 rings (SSSR count). The summed E-state index contributed by atoms with van der Waals surface area (Å²) in [6.07, 6.45) is 7.78. The number of ether oxygens (including phenoxy) is 1. The second-order valence-electron chi connectivity index (χ2n) is 8.68. The Morgan fingerprint density at radius 2 is 1.72 bits per heavy atom. The maximum atomic E-state index is 12.6. The third-order valence-corrected chi connectivity index (χ3v) is 6.08. The quantitative estimate of drug-likeness (QED) is 0.706. The first-order chi connectivity index (χ1) is 14.2. The number of nitrogens with zero attached hydrogens (tertiary/aromatic N) is 1. The van der Waals surface area contributed by atoms with Gasteiger partial charge in [-0.3, -0.25) is 9.69 Å². The third-order valence-electron chi connectivity index (χ3n) is 6.08. The molecule has 0 spiro atoms. The van der Waals surface area contributed by atoms with Crippen LogP contribution >= 0.6 is 0 Å². The molecule has 0 bridgehead atoms. The number of hydrogen-bond donors (Lipinski definition) is 1. The van der Waals surface area contributed by atoms with Crippen molar-refractivity contribution in [1.82, 2.24) is 4.90 Å². The molecule has 29 heavy (non-hydrogen) atoms. The van der Waals surface area contributed by atoms with Crippen LogP contribution in [-0.4, -0.2) is 30.0 Å². The number of hydrogen-bond acceptors (Lipinski definition) is 3. The Morgan fingerprint density at radius 3 is 2.41 bits per heavy atom. The zero-order chi connectivity index (χ0) is 20.1. The van der Waals surface area contributed by atoms with Crippen molar-refractivity contribution in [3.05, 3.63) is 59.7 Å². The minimum atomic E-state index is -0.0763. The van der Waals surface area contributed by atoms with E-state index in [0.29, 0.717) is 11.7 Å². The van der Waals surface area contributed by atoms with E-state index in [1.165, 1.54) is 44.3 Å². The number of amides is 1. The first kappa shape index (κ1) is 20.0. The van der Waals surface area contributed by atoms with Crippen LogP contribution in [0.1, 0.15) is 61.4 Å². The largest absolute Gasteiger partial charge is 0.490 e. The average molecular weight is 393 g/mol. The lowest BCUT2D eigenvalue weighted by Gasteiger charge is -2.30. The lowest BCUT2D eigenvalue weighted by Crippen LogP contribution is -2.33. The maximum absolute atomic E-state index is 12.6. The van der Waals surface area contributed by atoms with E-state index in [9.17, 15) is 4.79 Å². The van der Waals surface area contributed by atoms with Crippen LogP contribution in [-0.2, 0) is 6.54 Å². The summed E-state index contributed by atoms with van der Waals surface area (Å²) >= 11 is 0. The van der Waals surface area contributed by atoms with Gasteiger partial charge in [-0.05, 0) is 92.9 Å². The van der Waals surface area contributed by atoms with Crippen LogP contribution in [0.4, 0.5) is 5.69 Å². The van der Waals surface area contributed by atoms with Gasteiger partial charge in [0, 0.05) is 24.3 Å². The fraction of sp³-hybridized carbons (Fsp3) is 0.480. The number of anilines is 1. The number of rotatable bonds is 6. The molecule has 2 fully saturated rings. The molecule has 1 amide bonds. The first-order valence-corrected chi connectivity index (χ1v) is 11.0. The van der Waals surface area contributed by atoms with Crippen LogP contribution in [0, 0.1) is 5.92 Å². The van der Waals surface area contributed by atoms with Crippen molar-refractivity contribution in [3.8, 4) is 5.75 Å². The molecule has 2 aliphatic rings. The highest BCUT2D eigenvalue weighted by molar-refractivity contribution is 6.04. The molecular weight excluding hydrogens is 360 g/mol. The van der Waals surface area contributed by atoms with E-state index >= 15 is 0 Å². The second-order valence-corrected chi connectivity index (χ2v) is 8.68. The topological polar surface area (TPSA) is 41.6 Å². The fourth-order valence-corrected chi connectivity index (χ4v) is 4.47. The summed E-state index contributed by atoms with van der Waals surface area (Å²) in [5, 5.41) is 2.98. The van der Waals surface area contributed by atoms with Gasteiger partial charge in [-0.25, -0.2) is 0 Å². The van der Waals surface area contributed by atoms with Crippen molar-refractivity contribution < 1.29 is 9.53 Å². The second kappa shape index (κ2) is 9.45. The summed E-state index contributed by atoms with van der Waals surface area (Å²) in [6.45, 7) is 5.64. The molecule has 0 radical (unpaired) electrons. The molecule has 2 aromatic carbocycles. The van der Waals surface area contributed by atoms with Crippen LogP contribution < -0.4 is 10.1 Å². The average Bonchev–Trinajstić information content (AvgIpc) is 3.23. The highest BCUT2D eigenvalue weighted by Gasteiger charge is 2.17. The van der Waals surface area contributed by atoms with E-state index in [1.54, 1.807) is 0 Å². The Morgan fingerprint density at radius 1 is 1.00 bits per heavy atom. The first-order valence-electron chi connectivity index (χ1n) is 11.0. The van der Waals surface area contributed by atoms with Gasteiger partial charge in [0.25, 0.3) is 5.91 Å².